The summed E-state index contributed by atoms with van der Waals surface area (Å²) in [6, 6.07) is 13.5. The van der Waals surface area contributed by atoms with Crippen LogP contribution in [0.3, 0.4) is 0 Å². The first-order chi connectivity index (χ1) is 15.5. The molecule has 6 rings (SSSR count). The molecule has 168 valence electrons. The van der Waals surface area contributed by atoms with Gasteiger partial charge in [-0.2, -0.15) is 0 Å². The molecule has 1 unspecified atom stereocenters. The molecule has 0 spiro atoms. The minimum absolute atomic E-state index is 0.120. The molecule has 3 aliphatic heterocycles. The molecule has 3 fully saturated rings. The van der Waals surface area contributed by atoms with Crippen LogP contribution in [-0.4, -0.2) is 41.2 Å². The molecule has 3 aliphatic rings. The lowest BCUT2D eigenvalue weighted by atomic mass is 9.72. The lowest BCUT2D eigenvalue weighted by molar-refractivity contribution is -0.0562. The second-order valence-electron chi connectivity index (χ2n) is 9.07. The van der Waals surface area contributed by atoms with Gasteiger partial charge in [-0.05, 0) is 73.2 Å². The Balaban J connectivity index is 1.60. The van der Waals surface area contributed by atoms with Gasteiger partial charge < -0.3 is 9.84 Å². The monoisotopic (exact) mass is 470 g/mol. The Kier molecular flexibility index (Phi) is 6.06. The first-order valence-corrected chi connectivity index (χ1v) is 12.1. The number of pyridine rings is 1. The number of piperidine rings is 3. The zero-order valence-electron chi connectivity index (χ0n) is 18.4. The SMILES string of the molecule is CC[C@H]1CN2CC[C@@H]1C[C@H]2[C@H](O)c1cc(-c2ccc(Cl)c(Cl)c2)nc2ccc(OC)cc12. The zero-order chi connectivity index (χ0) is 22.4. The third-order valence-corrected chi connectivity index (χ3v) is 8.15. The molecule has 3 aromatic rings. The van der Waals surface area contributed by atoms with E-state index in [9.17, 15) is 5.11 Å². The van der Waals surface area contributed by atoms with E-state index in [1.54, 1.807) is 13.2 Å². The van der Waals surface area contributed by atoms with E-state index in [0.717, 1.165) is 58.9 Å². The van der Waals surface area contributed by atoms with Crippen LogP contribution in [0.5, 0.6) is 5.75 Å². The quantitative estimate of drug-likeness (QED) is 0.470. The second kappa shape index (κ2) is 8.83. The molecule has 0 radical (unpaired) electrons. The number of hydrogen-bond donors (Lipinski definition) is 1. The van der Waals surface area contributed by atoms with Crippen molar-refractivity contribution >= 4 is 34.1 Å². The van der Waals surface area contributed by atoms with Crippen LogP contribution in [0, 0.1) is 11.8 Å². The molecule has 5 atom stereocenters. The van der Waals surface area contributed by atoms with Gasteiger partial charge in [0, 0.05) is 23.5 Å². The maximum Gasteiger partial charge on any atom is 0.119 e. The smallest absolute Gasteiger partial charge is 0.119 e. The van der Waals surface area contributed by atoms with Gasteiger partial charge in [-0.1, -0.05) is 42.6 Å². The van der Waals surface area contributed by atoms with E-state index in [2.05, 4.69) is 11.8 Å². The molecular formula is C26H28Cl2N2O2. The molecule has 0 saturated carbocycles. The summed E-state index contributed by atoms with van der Waals surface area (Å²) in [5.41, 5.74) is 3.37. The summed E-state index contributed by atoms with van der Waals surface area (Å²) in [6.45, 7) is 4.42. The van der Waals surface area contributed by atoms with Crippen molar-refractivity contribution in [1.29, 1.82) is 0 Å². The third kappa shape index (κ3) is 3.88. The van der Waals surface area contributed by atoms with Crippen molar-refractivity contribution in [2.75, 3.05) is 20.2 Å². The van der Waals surface area contributed by atoms with Crippen LogP contribution in [0.15, 0.2) is 42.5 Å². The number of rotatable bonds is 5. The predicted octanol–water partition coefficient (Wildman–Crippen LogP) is 6.37. The van der Waals surface area contributed by atoms with Crippen molar-refractivity contribution < 1.29 is 9.84 Å². The largest absolute Gasteiger partial charge is 0.497 e. The van der Waals surface area contributed by atoms with Crippen LogP contribution in [0.1, 0.15) is 37.9 Å². The number of halogens is 2. The Bertz CT molecular complexity index is 1150. The topological polar surface area (TPSA) is 45.6 Å². The number of hydrogen-bond acceptors (Lipinski definition) is 4. The fourth-order valence-corrected chi connectivity index (χ4v) is 5.88. The predicted molar refractivity (Wildman–Crippen MR) is 131 cm³/mol. The van der Waals surface area contributed by atoms with Gasteiger partial charge >= 0.3 is 0 Å². The molecular weight excluding hydrogens is 443 g/mol. The highest BCUT2D eigenvalue weighted by atomic mass is 35.5. The highest BCUT2D eigenvalue weighted by Gasteiger charge is 2.42. The Morgan fingerprint density at radius 3 is 2.69 bits per heavy atom. The molecule has 0 amide bonds. The van der Waals surface area contributed by atoms with Gasteiger partial charge in [0.05, 0.1) is 34.5 Å². The molecule has 0 aliphatic carbocycles. The molecule has 4 heterocycles. The van der Waals surface area contributed by atoms with Crippen molar-refractivity contribution in [3.05, 3.63) is 58.1 Å². The summed E-state index contributed by atoms with van der Waals surface area (Å²) in [5.74, 6) is 2.20. The van der Waals surface area contributed by atoms with E-state index in [1.165, 1.54) is 12.8 Å². The van der Waals surface area contributed by atoms with Gasteiger partial charge in [-0.3, -0.25) is 4.90 Å². The van der Waals surface area contributed by atoms with Gasteiger partial charge in [0.2, 0.25) is 0 Å². The number of fused-ring (bicyclic) bond motifs is 4. The van der Waals surface area contributed by atoms with Gasteiger partial charge in [0.1, 0.15) is 5.75 Å². The van der Waals surface area contributed by atoms with Crippen LogP contribution in [0.2, 0.25) is 10.0 Å². The highest BCUT2D eigenvalue weighted by Crippen LogP contribution is 2.43. The Hall–Kier alpha value is -1.85. The fourth-order valence-electron chi connectivity index (χ4n) is 5.58. The van der Waals surface area contributed by atoms with E-state index < -0.39 is 6.10 Å². The van der Waals surface area contributed by atoms with Crippen LogP contribution in [-0.2, 0) is 0 Å². The maximum absolute atomic E-state index is 11.7. The fraction of sp³-hybridized carbons (Fsp3) is 0.423. The molecule has 32 heavy (non-hydrogen) atoms. The van der Waals surface area contributed by atoms with Crippen molar-refractivity contribution in [3.8, 4) is 17.0 Å². The summed E-state index contributed by atoms with van der Waals surface area (Å²) in [5, 5.41) is 13.6. The van der Waals surface area contributed by atoms with E-state index in [4.69, 9.17) is 32.9 Å². The van der Waals surface area contributed by atoms with Crippen LogP contribution >= 0.6 is 23.2 Å². The number of nitrogens with zero attached hydrogens (tertiary/aromatic N) is 2. The molecule has 3 saturated heterocycles. The normalized spacial score (nSPS) is 25.8. The lowest BCUT2D eigenvalue weighted by Gasteiger charge is -2.51. The molecule has 2 bridgehead atoms. The Labute approximate surface area is 199 Å². The summed E-state index contributed by atoms with van der Waals surface area (Å²) < 4.78 is 5.47. The van der Waals surface area contributed by atoms with E-state index in [-0.39, 0.29) is 6.04 Å². The molecule has 6 heteroatoms. The minimum Gasteiger partial charge on any atom is -0.497 e. The third-order valence-electron chi connectivity index (χ3n) is 7.41. The van der Waals surface area contributed by atoms with Gasteiger partial charge in [-0.25, -0.2) is 4.98 Å². The number of methoxy groups -OCH3 is 1. The van der Waals surface area contributed by atoms with Crippen molar-refractivity contribution in [3.63, 3.8) is 0 Å². The van der Waals surface area contributed by atoms with Gasteiger partial charge in [0.15, 0.2) is 0 Å². The summed E-state index contributed by atoms with van der Waals surface area (Å²) >= 11 is 12.4. The molecule has 1 N–H and O–H groups in total. The Morgan fingerprint density at radius 2 is 2.00 bits per heavy atom. The summed E-state index contributed by atoms with van der Waals surface area (Å²) in [6.07, 6.45) is 2.88. The standard InChI is InChI=1S/C26H28Cl2N2O2/c1-3-15-14-30-9-8-16(15)11-25(30)26(31)20-13-24(17-4-6-21(27)22(28)10-17)29-23-7-5-18(32-2)12-19(20)23/h4-7,10,12-13,15-16,25-26,31H,3,8-9,11,14H2,1-2H3/t15-,16+,25-,26+/m0/s1. The zero-order valence-corrected chi connectivity index (χ0v) is 19.9. The average Bonchev–Trinajstić information content (AvgIpc) is 2.84. The van der Waals surface area contributed by atoms with E-state index in [1.807, 2.05) is 36.4 Å². The molecule has 2 aromatic carbocycles. The first kappa shape index (κ1) is 22.0. The molecule has 4 nitrogen and oxygen atoms in total. The summed E-state index contributed by atoms with van der Waals surface area (Å²) in [4.78, 5) is 7.36. The minimum atomic E-state index is -0.602. The second-order valence-corrected chi connectivity index (χ2v) is 9.88. The van der Waals surface area contributed by atoms with Crippen LogP contribution in [0.4, 0.5) is 0 Å². The summed E-state index contributed by atoms with van der Waals surface area (Å²) in [7, 11) is 1.66. The van der Waals surface area contributed by atoms with Crippen molar-refractivity contribution in [2.24, 2.45) is 11.8 Å². The van der Waals surface area contributed by atoms with Crippen LogP contribution in [0.25, 0.3) is 22.2 Å². The number of benzene rings is 2. The molecule has 1 aromatic heterocycles. The number of aliphatic hydroxyl groups is 1. The van der Waals surface area contributed by atoms with Gasteiger partial charge in [0.25, 0.3) is 0 Å². The van der Waals surface area contributed by atoms with Crippen LogP contribution < -0.4 is 4.74 Å². The Morgan fingerprint density at radius 1 is 1.16 bits per heavy atom. The van der Waals surface area contributed by atoms with E-state index in [0.29, 0.717) is 16.0 Å². The van der Waals surface area contributed by atoms with Gasteiger partial charge in [-0.15, -0.1) is 0 Å². The number of aliphatic hydroxyl groups excluding tert-OH is 1. The lowest BCUT2D eigenvalue weighted by Crippen LogP contribution is -2.55. The number of ether oxygens (including phenoxy) is 1. The van der Waals surface area contributed by atoms with Crippen molar-refractivity contribution in [1.82, 2.24) is 9.88 Å². The first-order valence-electron chi connectivity index (χ1n) is 11.3. The van der Waals surface area contributed by atoms with Crippen molar-refractivity contribution in [2.45, 2.75) is 38.3 Å². The maximum atomic E-state index is 11.7. The number of aromatic nitrogens is 1. The van der Waals surface area contributed by atoms with E-state index >= 15 is 0 Å². The average molecular weight is 471 g/mol. The highest BCUT2D eigenvalue weighted by molar-refractivity contribution is 6.42.